The molecule has 0 fully saturated rings. The molecule has 2 aromatic carbocycles. The first-order chi connectivity index (χ1) is 8.75. The second kappa shape index (κ2) is 6.34. The highest BCUT2D eigenvalue weighted by molar-refractivity contribution is 5.19. The maximum atomic E-state index is 6.17. The first-order valence-corrected chi connectivity index (χ1v) is 6.34. The van der Waals surface area contributed by atoms with Crippen LogP contribution >= 0.6 is 0 Å². The highest BCUT2D eigenvalue weighted by Crippen LogP contribution is 2.08. The summed E-state index contributed by atoms with van der Waals surface area (Å²) < 4.78 is 0. The van der Waals surface area contributed by atoms with E-state index in [1.54, 1.807) is 0 Å². The summed E-state index contributed by atoms with van der Waals surface area (Å²) in [6.07, 6.45) is 1.66. The van der Waals surface area contributed by atoms with E-state index in [4.69, 9.17) is 11.5 Å². The van der Waals surface area contributed by atoms with Crippen LogP contribution in [0.1, 0.15) is 11.1 Å². The Hall–Kier alpha value is -1.64. The fourth-order valence-corrected chi connectivity index (χ4v) is 2.08. The van der Waals surface area contributed by atoms with Crippen LogP contribution in [0.5, 0.6) is 0 Å². The molecule has 0 unspecified atom stereocenters. The van der Waals surface area contributed by atoms with Crippen LogP contribution in [0.3, 0.4) is 0 Å². The average Bonchev–Trinajstić information content (AvgIpc) is 2.41. The molecule has 0 radical (unpaired) electrons. The minimum atomic E-state index is -0.00685. The van der Waals surface area contributed by atoms with E-state index in [9.17, 15) is 0 Å². The molecule has 0 aromatic heterocycles. The van der Waals surface area contributed by atoms with Crippen LogP contribution in [0.25, 0.3) is 0 Å². The molecule has 4 N–H and O–H groups in total. The van der Waals surface area contributed by atoms with E-state index in [2.05, 4.69) is 24.3 Å². The standard InChI is InChI=1S/C16H20N2/c17-15(11-13-7-3-1-4-8-13)16(18)12-14-9-5-2-6-10-14/h1-10,15-16H,11-12,17-18H2/t15-,16-/m1/s1. The third kappa shape index (κ3) is 3.69. The van der Waals surface area contributed by atoms with Crippen molar-refractivity contribution < 1.29 is 0 Å². The molecular weight excluding hydrogens is 220 g/mol. The van der Waals surface area contributed by atoms with Crippen molar-refractivity contribution in [3.63, 3.8) is 0 Å². The molecule has 0 aliphatic carbocycles. The summed E-state index contributed by atoms with van der Waals surface area (Å²) in [6, 6.07) is 20.5. The van der Waals surface area contributed by atoms with Gasteiger partial charge in [0.1, 0.15) is 0 Å². The van der Waals surface area contributed by atoms with Crippen LogP contribution in [0.15, 0.2) is 60.7 Å². The molecule has 2 heteroatoms. The van der Waals surface area contributed by atoms with Gasteiger partial charge < -0.3 is 11.5 Å². The highest BCUT2D eigenvalue weighted by Gasteiger charge is 2.14. The molecule has 2 nitrogen and oxygen atoms in total. The normalized spacial score (nSPS) is 14.1. The lowest BCUT2D eigenvalue weighted by Gasteiger charge is -2.20. The highest BCUT2D eigenvalue weighted by atomic mass is 14.8. The van der Waals surface area contributed by atoms with Gasteiger partial charge in [-0.2, -0.15) is 0 Å². The Morgan fingerprint density at radius 1 is 0.611 bits per heavy atom. The van der Waals surface area contributed by atoms with E-state index in [-0.39, 0.29) is 12.1 Å². The Balaban J connectivity index is 1.91. The molecule has 0 spiro atoms. The largest absolute Gasteiger partial charge is 0.326 e. The van der Waals surface area contributed by atoms with Gasteiger partial charge in [0.15, 0.2) is 0 Å². The lowest BCUT2D eigenvalue weighted by Crippen LogP contribution is -2.44. The quantitative estimate of drug-likeness (QED) is 0.841. The molecule has 2 rings (SSSR count). The molecule has 0 saturated carbocycles. The molecule has 0 amide bonds. The molecule has 0 bridgehead atoms. The predicted octanol–water partition coefficient (Wildman–Crippen LogP) is 2.13. The van der Waals surface area contributed by atoms with Gasteiger partial charge in [0.25, 0.3) is 0 Å². The Bertz CT molecular complexity index is 408. The molecule has 2 atom stereocenters. The summed E-state index contributed by atoms with van der Waals surface area (Å²) in [4.78, 5) is 0. The lowest BCUT2D eigenvalue weighted by molar-refractivity contribution is 0.519. The minimum absolute atomic E-state index is 0.00685. The van der Waals surface area contributed by atoms with Gasteiger partial charge in [-0.05, 0) is 24.0 Å². The van der Waals surface area contributed by atoms with E-state index in [1.165, 1.54) is 11.1 Å². The zero-order chi connectivity index (χ0) is 12.8. The summed E-state index contributed by atoms with van der Waals surface area (Å²) in [6.45, 7) is 0. The molecule has 2 aromatic rings. The van der Waals surface area contributed by atoms with Crippen LogP contribution in [0.2, 0.25) is 0 Å². The topological polar surface area (TPSA) is 52.0 Å². The average molecular weight is 240 g/mol. The van der Waals surface area contributed by atoms with E-state index < -0.39 is 0 Å². The number of hydrogen-bond donors (Lipinski definition) is 2. The van der Waals surface area contributed by atoms with Crippen molar-refractivity contribution in [1.29, 1.82) is 0 Å². The zero-order valence-electron chi connectivity index (χ0n) is 10.5. The van der Waals surface area contributed by atoms with Gasteiger partial charge in [-0.15, -0.1) is 0 Å². The van der Waals surface area contributed by atoms with Gasteiger partial charge in [-0.3, -0.25) is 0 Å². The Kier molecular flexibility index (Phi) is 4.51. The van der Waals surface area contributed by atoms with E-state index in [0.717, 1.165) is 12.8 Å². The van der Waals surface area contributed by atoms with Gasteiger partial charge in [-0.1, -0.05) is 60.7 Å². The van der Waals surface area contributed by atoms with Crippen LogP contribution in [0.4, 0.5) is 0 Å². The minimum Gasteiger partial charge on any atom is -0.326 e. The SMILES string of the molecule is N[C@H](Cc1ccccc1)[C@H](N)Cc1ccccc1. The van der Waals surface area contributed by atoms with Crippen molar-refractivity contribution in [2.45, 2.75) is 24.9 Å². The van der Waals surface area contributed by atoms with Crippen molar-refractivity contribution in [2.24, 2.45) is 11.5 Å². The molecule has 0 aliphatic heterocycles. The van der Waals surface area contributed by atoms with Gasteiger partial charge in [-0.25, -0.2) is 0 Å². The monoisotopic (exact) mass is 240 g/mol. The number of rotatable bonds is 5. The van der Waals surface area contributed by atoms with Crippen LogP contribution < -0.4 is 11.5 Å². The second-order valence-corrected chi connectivity index (χ2v) is 4.71. The second-order valence-electron chi connectivity index (χ2n) is 4.71. The molecule has 18 heavy (non-hydrogen) atoms. The smallest absolute Gasteiger partial charge is 0.0236 e. The summed E-state index contributed by atoms with van der Waals surface area (Å²) in [5.41, 5.74) is 14.8. The van der Waals surface area contributed by atoms with Gasteiger partial charge in [0.05, 0.1) is 0 Å². The van der Waals surface area contributed by atoms with Crippen molar-refractivity contribution >= 4 is 0 Å². The van der Waals surface area contributed by atoms with Crippen LogP contribution in [-0.4, -0.2) is 12.1 Å². The lowest BCUT2D eigenvalue weighted by atomic mass is 9.96. The number of benzene rings is 2. The van der Waals surface area contributed by atoms with Crippen molar-refractivity contribution in [3.8, 4) is 0 Å². The van der Waals surface area contributed by atoms with Gasteiger partial charge in [0.2, 0.25) is 0 Å². The first-order valence-electron chi connectivity index (χ1n) is 6.34. The molecular formula is C16H20N2. The fourth-order valence-electron chi connectivity index (χ4n) is 2.08. The number of hydrogen-bond acceptors (Lipinski definition) is 2. The van der Waals surface area contributed by atoms with Crippen molar-refractivity contribution in [1.82, 2.24) is 0 Å². The maximum absolute atomic E-state index is 6.17. The Morgan fingerprint density at radius 3 is 1.28 bits per heavy atom. The number of nitrogens with two attached hydrogens (primary N) is 2. The summed E-state index contributed by atoms with van der Waals surface area (Å²) in [7, 11) is 0. The Morgan fingerprint density at radius 2 is 0.944 bits per heavy atom. The van der Waals surface area contributed by atoms with Gasteiger partial charge >= 0.3 is 0 Å². The molecule has 0 saturated heterocycles. The molecule has 0 heterocycles. The summed E-state index contributed by atoms with van der Waals surface area (Å²) in [5, 5.41) is 0. The fraction of sp³-hybridized carbons (Fsp3) is 0.250. The molecule has 0 aliphatic rings. The predicted molar refractivity (Wildman–Crippen MR) is 76.2 cm³/mol. The molecule has 94 valence electrons. The van der Waals surface area contributed by atoms with Crippen LogP contribution in [-0.2, 0) is 12.8 Å². The Labute approximate surface area is 109 Å². The van der Waals surface area contributed by atoms with E-state index in [1.807, 2.05) is 36.4 Å². The van der Waals surface area contributed by atoms with E-state index in [0.29, 0.717) is 0 Å². The first kappa shape index (κ1) is 12.8. The summed E-state index contributed by atoms with van der Waals surface area (Å²) >= 11 is 0. The van der Waals surface area contributed by atoms with Crippen LogP contribution in [0, 0.1) is 0 Å². The summed E-state index contributed by atoms with van der Waals surface area (Å²) in [5.74, 6) is 0. The third-order valence-corrected chi connectivity index (χ3v) is 3.18. The zero-order valence-corrected chi connectivity index (χ0v) is 10.5. The van der Waals surface area contributed by atoms with E-state index >= 15 is 0 Å². The van der Waals surface area contributed by atoms with Crippen molar-refractivity contribution in [3.05, 3.63) is 71.8 Å². The van der Waals surface area contributed by atoms with Gasteiger partial charge in [0, 0.05) is 12.1 Å². The van der Waals surface area contributed by atoms with Crippen molar-refractivity contribution in [2.75, 3.05) is 0 Å². The maximum Gasteiger partial charge on any atom is 0.0236 e. The third-order valence-electron chi connectivity index (χ3n) is 3.18.